The van der Waals surface area contributed by atoms with Gasteiger partial charge in [0.15, 0.2) is 0 Å². The maximum absolute atomic E-state index is 11.6. The number of nitrogens with two attached hydrogens (primary N) is 1. The summed E-state index contributed by atoms with van der Waals surface area (Å²) < 4.78 is 22.0. The van der Waals surface area contributed by atoms with E-state index in [1.54, 1.807) is 0 Å². The highest BCUT2D eigenvalue weighted by atomic mass is 32.2. The Morgan fingerprint density at radius 3 is 2.15 bits per heavy atom. The van der Waals surface area contributed by atoms with Gasteiger partial charge in [-0.25, -0.2) is 13.6 Å². The molecule has 0 bridgehead atoms. The summed E-state index contributed by atoms with van der Waals surface area (Å²) in [6.07, 6.45) is 3.76. The number of anilines is 1. The smallest absolute Gasteiger partial charge is 0.238 e. The van der Waals surface area contributed by atoms with E-state index in [-0.39, 0.29) is 16.7 Å². The molecule has 2 unspecified atom stereocenters. The molecule has 0 saturated heterocycles. The monoisotopic (exact) mass is 391 g/mol. The van der Waals surface area contributed by atoms with Gasteiger partial charge in [0.25, 0.3) is 0 Å². The minimum absolute atomic E-state index is 0.0269. The van der Waals surface area contributed by atoms with Crippen LogP contribution in [0.2, 0.25) is 0 Å². The van der Waals surface area contributed by atoms with Crippen LogP contribution in [-0.2, 0) is 14.8 Å². The van der Waals surface area contributed by atoms with Gasteiger partial charge in [0.1, 0.15) is 0 Å². The molecule has 27 heavy (non-hydrogen) atoms. The average molecular weight is 392 g/mol. The van der Waals surface area contributed by atoms with Crippen LogP contribution >= 0.6 is 0 Å². The number of pyridine rings is 1. The molecule has 2 atom stereocenters. The Labute approximate surface area is 162 Å². The first-order chi connectivity index (χ1) is 12.7. The number of sulfonamides is 1. The van der Waals surface area contributed by atoms with Gasteiger partial charge in [0.2, 0.25) is 15.9 Å². The Balaban J connectivity index is 0.000000309. The number of hydrogen-bond acceptors (Lipinski definition) is 4. The number of nitrogens with zero attached hydrogens (tertiary/aromatic N) is 1. The highest BCUT2D eigenvalue weighted by molar-refractivity contribution is 7.89. The third kappa shape index (κ3) is 7.88. The van der Waals surface area contributed by atoms with Crippen molar-refractivity contribution >= 4 is 21.6 Å². The third-order valence-electron chi connectivity index (χ3n) is 4.32. The van der Waals surface area contributed by atoms with Crippen LogP contribution in [0.5, 0.6) is 0 Å². The Bertz CT molecular complexity index is 806. The van der Waals surface area contributed by atoms with Crippen LogP contribution in [0, 0.1) is 5.92 Å². The molecule has 7 heteroatoms. The molecule has 0 aliphatic carbocycles. The molecular formula is C20H29N3O3S. The van der Waals surface area contributed by atoms with E-state index < -0.39 is 10.0 Å². The summed E-state index contributed by atoms with van der Waals surface area (Å²) in [5, 5.41) is 7.66. The van der Waals surface area contributed by atoms with E-state index in [9.17, 15) is 13.2 Å². The number of aromatic nitrogens is 1. The fourth-order valence-corrected chi connectivity index (χ4v) is 2.57. The lowest BCUT2D eigenvalue weighted by molar-refractivity contribution is -0.119. The second kappa shape index (κ2) is 10.8. The van der Waals surface area contributed by atoms with E-state index in [0.29, 0.717) is 11.6 Å². The van der Waals surface area contributed by atoms with Crippen LogP contribution in [-0.4, -0.2) is 19.3 Å². The van der Waals surface area contributed by atoms with Gasteiger partial charge in [-0.15, -0.1) is 0 Å². The highest BCUT2D eigenvalue weighted by Gasteiger charge is 2.11. The normalized spacial score (nSPS) is 13.1. The molecule has 2 rings (SSSR count). The molecule has 6 nitrogen and oxygen atoms in total. The Morgan fingerprint density at radius 1 is 1.07 bits per heavy atom. The molecule has 2 aromatic rings. The summed E-state index contributed by atoms with van der Waals surface area (Å²) in [5.74, 6) is 0.435. The molecular weight excluding hydrogens is 362 g/mol. The zero-order chi connectivity index (χ0) is 20.4. The van der Waals surface area contributed by atoms with Gasteiger partial charge >= 0.3 is 0 Å². The van der Waals surface area contributed by atoms with Crippen molar-refractivity contribution in [3.63, 3.8) is 0 Å². The molecule has 0 fully saturated rings. The lowest BCUT2D eigenvalue weighted by Crippen LogP contribution is -2.19. The van der Waals surface area contributed by atoms with E-state index in [1.807, 2.05) is 32.2 Å². The van der Waals surface area contributed by atoms with E-state index >= 15 is 0 Å². The molecule has 3 N–H and O–H groups in total. The topological polar surface area (TPSA) is 102 Å². The number of primary sulfonamides is 1. The van der Waals surface area contributed by atoms with Gasteiger partial charge in [-0.1, -0.05) is 33.8 Å². The van der Waals surface area contributed by atoms with Crippen molar-refractivity contribution in [1.29, 1.82) is 0 Å². The standard InChI is InChI=1S/C11H16N2O3S.C9H13N/c1-3-8(2)11(14)13-9-4-6-10(7-5-9)17(12,15)16;1-3-8(2)9-6-4-5-7-10-9/h4-8H,3H2,1-2H3,(H,13,14)(H2,12,15,16);4-8H,3H2,1-2H3. The minimum atomic E-state index is -3.68. The number of nitrogens with one attached hydrogen (secondary N) is 1. The van der Waals surface area contributed by atoms with Crippen molar-refractivity contribution in [2.75, 3.05) is 5.32 Å². The quantitative estimate of drug-likeness (QED) is 0.779. The van der Waals surface area contributed by atoms with E-state index in [4.69, 9.17) is 5.14 Å². The molecule has 0 radical (unpaired) electrons. The summed E-state index contributed by atoms with van der Waals surface area (Å²) in [6, 6.07) is 11.8. The lowest BCUT2D eigenvalue weighted by Gasteiger charge is -2.10. The number of carbonyl (C=O) groups is 1. The predicted molar refractivity (Wildman–Crippen MR) is 109 cm³/mol. The van der Waals surface area contributed by atoms with E-state index in [2.05, 4.69) is 30.2 Å². The maximum Gasteiger partial charge on any atom is 0.238 e. The van der Waals surface area contributed by atoms with Crippen LogP contribution in [0.25, 0.3) is 0 Å². The number of amides is 1. The van der Waals surface area contributed by atoms with E-state index in [1.165, 1.54) is 30.0 Å². The lowest BCUT2D eigenvalue weighted by atomic mass is 10.1. The number of hydrogen-bond donors (Lipinski definition) is 2. The van der Waals surface area contributed by atoms with Crippen LogP contribution < -0.4 is 10.5 Å². The molecule has 0 saturated carbocycles. The van der Waals surface area contributed by atoms with Gasteiger partial charge in [-0.3, -0.25) is 9.78 Å². The van der Waals surface area contributed by atoms with Crippen molar-refractivity contribution in [3.8, 4) is 0 Å². The van der Waals surface area contributed by atoms with Crippen molar-refractivity contribution in [3.05, 3.63) is 54.4 Å². The Morgan fingerprint density at radius 2 is 1.70 bits per heavy atom. The summed E-state index contributed by atoms with van der Waals surface area (Å²) in [6.45, 7) is 8.13. The minimum Gasteiger partial charge on any atom is -0.326 e. The molecule has 0 aliphatic rings. The molecule has 1 aromatic carbocycles. The summed E-state index contributed by atoms with van der Waals surface area (Å²) in [4.78, 5) is 15.8. The number of benzene rings is 1. The molecule has 1 heterocycles. The fraction of sp³-hybridized carbons (Fsp3) is 0.400. The second-order valence-corrected chi connectivity index (χ2v) is 7.99. The summed E-state index contributed by atoms with van der Waals surface area (Å²) in [5.41, 5.74) is 1.76. The van der Waals surface area contributed by atoms with Gasteiger partial charge in [0.05, 0.1) is 4.90 Å². The first kappa shape index (κ1) is 22.8. The zero-order valence-corrected chi connectivity index (χ0v) is 17.2. The predicted octanol–water partition coefficient (Wildman–Crippen LogP) is 3.91. The summed E-state index contributed by atoms with van der Waals surface area (Å²) >= 11 is 0. The van der Waals surface area contributed by atoms with Gasteiger partial charge in [-0.2, -0.15) is 0 Å². The van der Waals surface area contributed by atoms with Crippen molar-refractivity contribution in [2.45, 2.75) is 51.3 Å². The second-order valence-electron chi connectivity index (χ2n) is 6.43. The Kier molecular flexibility index (Phi) is 9.11. The number of carbonyl (C=O) groups excluding carboxylic acids is 1. The van der Waals surface area contributed by atoms with Crippen molar-refractivity contribution in [1.82, 2.24) is 4.98 Å². The Hall–Kier alpha value is -2.25. The largest absolute Gasteiger partial charge is 0.326 e. The number of rotatable bonds is 6. The van der Waals surface area contributed by atoms with Crippen LogP contribution in [0.3, 0.4) is 0 Å². The van der Waals surface area contributed by atoms with E-state index in [0.717, 1.165) is 12.8 Å². The molecule has 0 spiro atoms. The van der Waals surface area contributed by atoms with Crippen LogP contribution in [0.15, 0.2) is 53.6 Å². The molecule has 148 valence electrons. The molecule has 1 aromatic heterocycles. The fourth-order valence-electron chi connectivity index (χ4n) is 2.06. The zero-order valence-electron chi connectivity index (χ0n) is 16.3. The third-order valence-corrected chi connectivity index (χ3v) is 5.24. The van der Waals surface area contributed by atoms with Gasteiger partial charge < -0.3 is 5.32 Å². The highest BCUT2D eigenvalue weighted by Crippen LogP contribution is 2.15. The first-order valence-electron chi connectivity index (χ1n) is 9.03. The SMILES string of the molecule is CCC(C)C(=O)Nc1ccc(S(N)(=O)=O)cc1.CCC(C)c1ccccn1. The average Bonchev–Trinajstić information content (AvgIpc) is 2.67. The summed E-state index contributed by atoms with van der Waals surface area (Å²) in [7, 11) is -3.68. The van der Waals surface area contributed by atoms with Gasteiger partial charge in [0, 0.05) is 23.5 Å². The van der Waals surface area contributed by atoms with Crippen molar-refractivity contribution in [2.24, 2.45) is 11.1 Å². The van der Waals surface area contributed by atoms with Crippen LogP contribution in [0.4, 0.5) is 5.69 Å². The molecule has 1 amide bonds. The molecule has 0 aliphatic heterocycles. The van der Waals surface area contributed by atoms with Crippen LogP contribution in [0.1, 0.15) is 52.1 Å². The van der Waals surface area contributed by atoms with Crippen molar-refractivity contribution < 1.29 is 13.2 Å². The first-order valence-corrected chi connectivity index (χ1v) is 10.6. The van der Waals surface area contributed by atoms with Gasteiger partial charge in [-0.05, 0) is 55.2 Å². The maximum atomic E-state index is 11.6.